The van der Waals surface area contributed by atoms with E-state index in [-0.39, 0.29) is 0 Å². The quantitative estimate of drug-likeness (QED) is 0.540. The lowest BCUT2D eigenvalue weighted by atomic mass is 10.2. The van der Waals surface area contributed by atoms with Gasteiger partial charge in [-0.2, -0.15) is 0 Å². The van der Waals surface area contributed by atoms with Gasteiger partial charge in [-0.1, -0.05) is 35.5 Å². The second-order valence-electron chi connectivity index (χ2n) is 6.25. The molecule has 0 aliphatic rings. The van der Waals surface area contributed by atoms with Crippen LogP contribution in [-0.2, 0) is 6.54 Å². The molecule has 0 saturated carbocycles. The lowest BCUT2D eigenvalue weighted by Gasteiger charge is -2.10. The fourth-order valence-electron chi connectivity index (χ4n) is 2.84. The minimum atomic E-state index is 0.392. The lowest BCUT2D eigenvalue weighted by molar-refractivity contribution is 0.414. The largest absolute Gasteiger partial charge is 0.497 e. The highest BCUT2D eigenvalue weighted by atomic mass is 16.5. The average molecular weight is 361 g/mol. The molecular formula is C20H19N5O2. The second kappa shape index (κ2) is 7.03. The van der Waals surface area contributed by atoms with E-state index in [1.165, 1.54) is 0 Å². The first-order chi connectivity index (χ1) is 13.2. The number of hydrogen-bond donors (Lipinski definition) is 0. The molecule has 0 saturated heterocycles. The molecule has 0 N–H and O–H groups in total. The maximum absolute atomic E-state index is 6.06. The molecule has 27 heavy (non-hydrogen) atoms. The maximum Gasteiger partial charge on any atom is 0.267 e. The number of hydrogen-bond acceptors (Lipinski definition) is 6. The maximum atomic E-state index is 6.06. The van der Waals surface area contributed by atoms with Gasteiger partial charge in [0.2, 0.25) is 0 Å². The zero-order valence-electron chi connectivity index (χ0n) is 15.4. The van der Waals surface area contributed by atoms with Crippen LogP contribution in [0.25, 0.3) is 11.0 Å². The topological polar surface area (TPSA) is 75.0 Å². The van der Waals surface area contributed by atoms with E-state index in [2.05, 4.69) is 20.5 Å². The normalized spacial score (nSPS) is 10.9. The highest BCUT2D eigenvalue weighted by molar-refractivity contribution is 5.81. The zero-order chi connectivity index (χ0) is 18.8. The van der Waals surface area contributed by atoms with Crippen molar-refractivity contribution in [3.8, 4) is 17.4 Å². The molecule has 0 radical (unpaired) electrons. The summed E-state index contributed by atoms with van der Waals surface area (Å²) in [4.78, 5) is 0. The highest BCUT2D eigenvalue weighted by Gasteiger charge is 2.17. The van der Waals surface area contributed by atoms with Crippen molar-refractivity contribution < 1.29 is 9.47 Å². The van der Waals surface area contributed by atoms with Gasteiger partial charge in [-0.3, -0.25) is 0 Å². The zero-order valence-corrected chi connectivity index (χ0v) is 15.4. The number of aromatic nitrogens is 5. The van der Waals surface area contributed by atoms with Crippen molar-refractivity contribution in [2.24, 2.45) is 0 Å². The fraction of sp³-hybridized carbons (Fsp3) is 0.200. The molecule has 0 unspecified atom stereocenters. The summed E-state index contributed by atoms with van der Waals surface area (Å²) in [5.74, 6) is 1.94. The van der Waals surface area contributed by atoms with Crippen molar-refractivity contribution >= 4 is 11.0 Å². The van der Waals surface area contributed by atoms with Crippen molar-refractivity contribution in [2.45, 2.75) is 20.4 Å². The number of methoxy groups -OCH3 is 1. The Balaban J connectivity index is 1.75. The number of fused-ring (bicyclic) bond motifs is 1. The van der Waals surface area contributed by atoms with Crippen LogP contribution in [0.15, 0.2) is 48.5 Å². The predicted octanol–water partition coefficient (Wildman–Crippen LogP) is 3.69. The van der Waals surface area contributed by atoms with E-state index < -0.39 is 0 Å². The van der Waals surface area contributed by atoms with Gasteiger partial charge in [0.25, 0.3) is 5.88 Å². The summed E-state index contributed by atoms with van der Waals surface area (Å²) < 4.78 is 13.1. The first kappa shape index (κ1) is 17.0. The number of ether oxygens (including phenoxy) is 2. The van der Waals surface area contributed by atoms with E-state index in [1.54, 1.807) is 11.8 Å². The average Bonchev–Trinajstić information content (AvgIpc) is 3.11. The van der Waals surface area contributed by atoms with Gasteiger partial charge in [-0.25, -0.2) is 4.68 Å². The third kappa shape index (κ3) is 3.31. The molecule has 0 spiro atoms. The van der Waals surface area contributed by atoms with Crippen LogP contribution in [0.5, 0.6) is 17.4 Å². The summed E-state index contributed by atoms with van der Waals surface area (Å²) >= 11 is 0. The molecule has 0 aliphatic carbocycles. The Morgan fingerprint density at radius 1 is 0.926 bits per heavy atom. The third-order valence-corrected chi connectivity index (χ3v) is 4.36. The smallest absolute Gasteiger partial charge is 0.267 e. The van der Waals surface area contributed by atoms with E-state index in [0.717, 1.165) is 28.1 Å². The van der Waals surface area contributed by atoms with Crippen LogP contribution < -0.4 is 9.47 Å². The Labute approximate surface area is 156 Å². The molecular weight excluding hydrogens is 342 g/mol. The lowest BCUT2D eigenvalue weighted by Crippen LogP contribution is -2.04. The molecule has 0 bridgehead atoms. The molecule has 0 aliphatic heterocycles. The predicted molar refractivity (Wildman–Crippen MR) is 101 cm³/mol. The first-order valence-corrected chi connectivity index (χ1v) is 8.58. The molecule has 2 heterocycles. The highest BCUT2D eigenvalue weighted by Crippen LogP contribution is 2.29. The monoisotopic (exact) mass is 361 g/mol. The molecule has 7 heteroatoms. The summed E-state index contributed by atoms with van der Waals surface area (Å²) in [6, 6.07) is 15.6. The second-order valence-corrected chi connectivity index (χ2v) is 6.25. The first-order valence-electron chi connectivity index (χ1n) is 8.58. The van der Waals surface area contributed by atoms with Gasteiger partial charge in [0, 0.05) is 0 Å². The number of aryl methyl sites for hydroxylation is 2. The van der Waals surface area contributed by atoms with Crippen LogP contribution in [0, 0.1) is 13.8 Å². The molecule has 0 atom stereocenters. The fourth-order valence-corrected chi connectivity index (χ4v) is 2.84. The summed E-state index contributed by atoms with van der Waals surface area (Å²) in [7, 11) is 1.65. The van der Waals surface area contributed by atoms with Crippen molar-refractivity contribution in [1.82, 2.24) is 25.2 Å². The van der Waals surface area contributed by atoms with E-state index in [4.69, 9.17) is 9.47 Å². The Bertz CT molecular complexity index is 1090. The number of para-hydroxylation sites is 1. The van der Waals surface area contributed by atoms with Crippen molar-refractivity contribution in [3.05, 3.63) is 65.4 Å². The summed E-state index contributed by atoms with van der Waals surface area (Å²) in [5, 5.41) is 17.0. The Morgan fingerprint density at radius 2 is 1.70 bits per heavy atom. The van der Waals surface area contributed by atoms with E-state index >= 15 is 0 Å². The van der Waals surface area contributed by atoms with Crippen LogP contribution in [0.2, 0.25) is 0 Å². The minimum Gasteiger partial charge on any atom is -0.497 e. The number of benzene rings is 2. The molecule has 7 nitrogen and oxygen atoms in total. The van der Waals surface area contributed by atoms with E-state index in [9.17, 15) is 0 Å². The van der Waals surface area contributed by atoms with Gasteiger partial charge in [-0.15, -0.1) is 15.3 Å². The van der Waals surface area contributed by atoms with E-state index in [0.29, 0.717) is 23.6 Å². The Hall–Kier alpha value is -3.48. The van der Waals surface area contributed by atoms with Crippen molar-refractivity contribution in [1.29, 1.82) is 0 Å². The summed E-state index contributed by atoms with van der Waals surface area (Å²) in [6.45, 7) is 4.39. The van der Waals surface area contributed by atoms with Crippen molar-refractivity contribution in [3.63, 3.8) is 0 Å². The number of rotatable bonds is 5. The standard InChI is InChI=1S/C20H19N5O2/c1-13-6-4-5-7-17(13)27-20-19-18(14(2)21-23-20)22-24-25(19)12-15-8-10-16(26-3)11-9-15/h4-11H,12H2,1-3H3. The summed E-state index contributed by atoms with van der Waals surface area (Å²) in [6.07, 6.45) is 0. The SMILES string of the molecule is COc1ccc(Cn2nnc3c(C)nnc(Oc4ccccc4C)c32)cc1. The molecule has 0 amide bonds. The number of nitrogens with zero attached hydrogens (tertiary/aromatic N) is 5. The third-order valence-electron chi connectivity index (χ3n) is 4.36. The molecule has 0 fully saturated rings. The molecule has 2 aromatic heterocycles. The minimum absolute atomic E-state index is 0.392. The van der Waals surface area contributed by atoms with Crippen molar-refractivity contribution in [2.75, 3.05) is 7.11 Å². The van der Waals surface area contributed by atoms with Gasteiger partial charge < -0.3 is 9.47 Å². The van der Waals surface area contributed by atoms with Crippen LogP contribution in [0.4, 0.5) is 0 Å². The van der Waals surface area contributed by atoms with Gasteiger partial charge in [0.15, 0.2) is 5.52 Å². The molecule has 2 aromatic carbocycles. The van der Waals surface area contributed by atoms with Crippen LogP contribution in [0.1, 0.15) is 16.8 Å². The summed E-state index contributed by atoms with van der Waals surface area (Å²) in [5.41, 5.74) is 4.20. The molecule has 4 rings (SSSR count). The van der Waals surface area contributed by atoms with Gasteiger partial charge in [-0.05, 0) is 43.2 Å². The Morgan fingerprint density at radius 3 is 2.44 bits per heavy atom. The molecule has 136 valence electrons. The van der Waals surface area contributed by atoms with Gasteiger partial charge >= 0.3 is 0 Å². The van der Waals surface area contributed by atoms with Crippen LogP contribution in [0.3, 0.4) is 0 Å². The Kier molecular flexibility index (Phi) is 4.42. The van der Waals surface area contributed by atoms with Gasteiger partial charge in [0.05, 0.1) is 19.3 Å². The van der Waals surface area contributed by atoms with Crippen LogP contribution in [-0.4, -0.2) is 32.3 Å². The van der Waals surface area contributed by atoms with Gasteiger partial charge in [0.1, 0.15) is 17.0 Å². The van der Waals surface area contributed by atoms with Crippen LogP contribution >= 0.6 is 0 Å². The van der Waals surface area contributed by atoms with E-state index in [1.807, 2.05) is 62.4 Å². The molecule has 4 aromatic rings.